The van der Waals surface area contributed by atoms with Crippen LogP contribution >= 0.6 is 11.8 Å². The first kappa shape index (κ1) is 19.0. The number of rotatable bonds is 6. The van der Waals surface area contributed by atoms with Gasteiger partial charge in [-0.15, -0.1) is 10.2 Å². The number of methoxy groups -OCH3 is 2. The fourth-order valence-corrected chi connectivity index (χ4v) is 3.80. The number of nitrogens with zero attached hydrogens (tertiary/aromatic N) is 4. The molecule has 2 heterocycles. The first-order valence-electron chi connectivity index (χ1n) is 8.46. The van der Waals surface area contributed by atoms with E-state index in [1.165, 1.54) is 30.2 Å². The number of carbonyl (C=O) groups excluding carboxylic acids is 2. The first-order valence-corrected chi connectivity index (χ1v) is 9.28. The molecule has 0 atom stereocenters. The highest BCUT2D eigenvalue weighted by Crippen LogP contribution is 2.41. The summed E-state index contributed by atoms with van der Waals surface area (Å²) in [6.45, 7) is 3.55. The maximum atomic E-state index is 12.8. The molecule has 0 fully saturated rings. The Morgan fingerprint density at radius 2 is 1.85 bits per heavy atom. The van der Waals surface area contributed by atoms with E-state index in [1.54, 1.807) is 43.8 Å². The van der Waals surface area contributed by atoms with Crippen LogP contribution in [0, 0.1) is 0 Å². The summed E-state index contributed by atoms with van der Waals surface area (Å²) in [7, 11) is 3.09. The summed E-state index contributed by atoms with van der Waals surface area (Å²) >= 11 is 1.21. The molecule has 8 nitrogen and oxygen atoms in total. The third kappa shape index (κ3) is 3.30. The van der Waals surface area contributed by atoms with Crippen LogP contribution in [0.3, 0.4) is 0 Å². The van der Waals surface area contributed by atoms with Gasteiger partial charge in [-0.25, -0.2) is 9.69 Å². The molecule has 1 amide bonds. The molecule has 0 bridgehead atoms. The summed E-state index contributed by atoms with van der Waals surface area (Å²) in [6.07, 6.45) is 2.03. The Kier molecular flexibility index (Phi) is 5.50. The highest BCUT2D eigenvalue weighted by atomic mass is 32.2. The molecule has 0 unspecified atom stereocenters. The van der Waals surface area contributed by atoms with Gasteiger partial charge in [-0.1, -0.05) is 13.8 Å². The van der Waals surface area contributed by atoms with E-state index in [-0.39, 0.29) is 18.1 Å². The minimum Gasteiger partial charge on any atom is -0.493 e. The predicted molar refractivity (Wildman–Crippen MR) is 101 cm³/mol. The summed E-state index contributed by atoms with van der Waals surface area (Å²) in [5.74, 6) is 0.816. The van der Waals surface area contributed by atoms with Gasteiger partial charge in [0.2, 0.25) is 11.1 Å². The topological polar surface area (TPSA) is 86.5 Å². The van der Waals surface area contributed by atoms with E-state index in [0.29, 0.717) is 39.2 Å². The molecular formula is C18H20N4O4S. The van der Waals surface area contributed by atoms with Crippen molar-refractivity contribution in [3.8, 4) is 11.5 Å². The molecule has 9 heteroatoms. The van der Waals surface area contributed by atoms with Gasteiger partial charge >= 0.3 is 0 Å². The van der Waals surface area contributed by atoms with Crippen LogP contribution in [0.2, 0.25) is 0 Å². The van der Waals surface area contributed by atoms with E-state index in [1.807, 2.05) is 0 Å². The SMILES string of the molecule is CCC(=O)C1=C(c2ccc(OC)c(OC)c2)N(C(=O)CC)n2cnnc2S1. The average molecular weight is 388 g/mol. The van der Waals surface area contributed by atoms with Crippen molar-refractivity contribution in [3.05, 3.63) is 35.0 Å². The number of amides is 1. The minimum atomic E-state index is -0.178. The maximum Gasteiger partial charge on any atom is 0.246 e. The number of aromatic nitrogens is 3. The van der Waals surface area contributed by atoms with Crippen molar-refractivity contribution in [1.82, 2.24) is 14.9 Å². The standard InChI is InChI=1S/C18H20N4O4S/c1-5-12(23)17-16(11-7-8-13(25-3)14(9-11)26-4)22(15(24)6-2)21-10-19-20-18(21)27-17/h7-10H,5-6H2,1-4H3. The third-order valence-electron chi connectivity index (χ3n) is 4.11. The van der Waals surface area contributed by atoms with Crippen LogP contribution in [0.5, 0.6) is 11.5 Å². The van der Waals surface area contributed by atoms with E-state index in [4.69, 9.17) is 9.47 Å². The van der Waals surface area contributed by atoms with Crippen molar-refractivity contribution in [1.29, 1.82) is 0 Å². The summed E-state index contributed by atoms with van der Waals surface area (Å²) < 4.78 is 12.3. The normalized spacial score (nSPS) is 13.4. The largest absolute Gasteiger partial charge is 0.493 e. The molecule has 0 spiro atoms. The van der Waals surface area contributed by atoms with Crippen LogP contribution < -0.4 is 14.5 Å². The molecule has 0 radical (unpaired) electrons. The fourth-order valence-electron chi connectivity index (χ4n) is 2.75. The van der Waals surface area contributed by atoms with Gasteiger partial charge in [0, 0.05) is 18.4 Å². The molecule has 1 aromatic carbocycles. The second-order valence-electron chi connectivity index (χ2n) is 5.64. The Morgan fingerprint density at radius 1 is 1.11 bits per heavy atom. The second-order valence-corrected chi connectivity index (χ2v) is 6.62. The maximum absolute atomic E-state index is 12.8. The van der Waals surface area contributed by atoms with Crippen LogP contribution in [-0.4, -0.2) is 40.8 Å². The van der Waals surface area contributed by atoms with E-state index in [0.717, 1.165) is 0 Å². The van der Waals surface area contributed by atoms with Gasteiger partial charge in [-0.2, -0.15) is 0 Å². The Morgan fingerprint density at radius 3 is 2.48 bits per heavy atom. The van der Waals surface area contributed by atoms with Gasteiger partial charge in [0.1, 0.15) is 6.33 Å². The zero-order valence-electron chi connectivity index (χ0n) is 15.6. The number of fused-ring (bicyclic) bond motifs is 1. The number of hydrogen-bond donors (Lipinski definition) is 0. The molecule has 142 valence electrons. The number of carbonyl (C=O) groups is 2. The van der Waals surface area contributed by atoms with Crippen molar-refractivity contribution in [2.75, 3.05) is 19.2 Å². The zero-order chi connectivity index (χ0) is 19.6. The van der Waals surface area contributed by atoms with Crippen LogP contribution in [0.1, 0.15) is 32.3 Å². The van der Waals surface area contributed by atoms with E-state index in [9.17, 15) is 9.59 Å². The molecular weight excluding hydrogens is 368 g/mol. The van der Waals surface area contributed by atoms with Gasteiger partial charge in [0.25, 0.3) is 0 Å². The lowest BCUT2D eigenvalue weighted by Gasteiger charge is -2.32. The van der Waals surface area contributed by atoms with Crippen molar-refractivity contribution in [3.63, 3.8) is 0 Å². The first-order chi connectivity index (χ1) is 13.0. The number of ketones is 1. The molecule has 0 saturated carbocycles. The monoisotopic (exact) mass is 388 g/mol. The van der Waals surface area contributed by atoms with Gasteiger partial charge in [0.05, 0.1) is 24.8 Å². The number of thioether (sulfide) groups is 1. The Hall–Kier alpha value is -2.81. The molecule has 2 aromatic rings. The summed E-state index contributed by atoms with van der Waals surface area (Å²) in [6, 6.07) is 5.30. The number of ether oxygens (including phenoxy) is 2. The van der Waals surface area contributed by atoms with Gasteiger partial charge in [-0.05, 0) is 30.0 Å². The quantitative estimate of drug-likeness (QED) is 0.752. The lowest BCUT2D eigenvalue weighted by Crippen LogP contribution is -2.41. The molecule has 1 aromatic heterocycles. The Bertz CT molecular complexity index is 922. The van der Waals surface area contributed by atoms with Crippen molar-refractivity contribution >= 4 is 29.1 Å². The lowest BCUT2D eigenvalue weighted by atomic mass is 10.1. The second kappa shape index (κ2) is 7.83. The molecule has 0 N–H and O–H groups in total. The van der Waals surface area contributed by atoms with Crippen molar-refractivity contribution < 1.29 is 19.1 Å². The minimum absolute atomic E-state index is 0.0760. The zero-order valence-corrected chi connectivity index (χ0v) is 16.4. The summed E-state index contributed by atoms with van der Waals surface area (Å²) in [5.41, 5.74) is 1.16. The molecule has 0 saturated heterocycles. The molecule has 27 heavy (non-hydrogen) atoms. The van der Waals surface area contributed by atoms with Crippen molar-refractivity contribution in [2.24, 2.45) is 0 Å². The lowest BCUT2D eigenvalue weighted by molar-refractivity contribution is -0.119. The Labute approximate surface area is 161 Å². The Balaban J connectivity index is 2.26. The van der Waals surface area contributed by atoms with Crippen molar-refractivity contribution in [2.45, 2.75) is 31.8 Å². The van der Waals surface area contributed by atoms with Crippen LogP contribution in [-0.2, 0) is 9.59 Å². The molecule has 1 aliphatic heterocycles. The van der Waals surface area contributed by atoms with Gasteiger partial charge in [0.15, 0.2) is 17.3 Å². The highest BCUT2D eigenvalue weighted by molar-refractivity contribution is 8.04. The molecule has 3 rings (SSSR count). The van der Waals surface area contributed by atoms with Crippen LogP contribution in [0.4, 0.5) is 0 Å². The summed E-state index contributed by atoms with van der Waals surface area (Å²) in [4.78, 5) is 25.9. The average Bonchev–Trinajstić information content (AvgIpc) is 3.18. The highest BCUT2D eigenvalue weighted by Gasteiger charge is 2.34. The van der Waals surface area contributed by atoms with E-state index in [2.05, 4.69) is 10.2 Å². The number of hydrogen-bond acceptors (Lipinski definition) is 7. The number of allylic oxidation sites excluding steroid dienone is 1. The van der Waals surface area contributed by atoms with Gasteiger partial charge in [-0.3, -0.25) is 9.59 Å². The third-order valence-corrected chi connectivity index (χ3v) is 5.18. The smallest absolute Gasteiger partial charge is 0.246 e. The fraction of sp³-hybridized carbons (Fsp3) is 0.333. The predicted octanol–water partition coefficient (Wildman–Crippen LogP) is 2.62. The van der Waals surface area contributed by atoms with E-state index < -0.39 is 0 Å². The molecule has 0 aliphatic carbocycles. The van der Waals surface area contributed by atoms with Crippen LogP contribution in [0.25, 0.3) is 5.70 Å². The number of Topliss-reactive ketones (excluding diaryl/α,β-unsaturated/α-hetero) is 1. The molecule has 1 aliphatic rings. The van der Waals surface area contributed by atoms with Gasteiger partial charge < -0.3 is 9.47 Å². The number of benzene rings is 1. The van der Waals surface area contributed by atoms with E-state index >= 15 is 0 Å². The van der Waals surface area contributed by atoms with Crippen LogP contribution in [0.15, 0.2) is 34.6 Å². The summed E-state index contributed by atoms with van der Waals surface area (Å²) in [5, 5.41) is 9.85.